The van der Waals surface area contributed by atoms with E-state index in [1.54, 1.807) is 0 Å². The summed E-state index contributed by atoms with van der Waals surface area (Å²) in [5.74, 6) is 0.770. The topological polar surface area (TPSA) is 29.5 Å². The van der Waals surface area contributed by atoms with Gasteiger partial charge >= 0.3 is 6.09 Å². The Hall–Kier alpha value is -0.730. The van der Waals surface area contributed by atoms with Crippen molar-refractivity contribution in [2.45, 2.75) is 91.3 Å². The van der Waals surface area contributed by atoms with Crippen LogP contribution in [0.1, 0.15) is 73.6 Å². The minimum Gasteiger partial charge on any atom is -0.444 e. The Labute approximate surface area is 124 Å². The minimum absolute atomic E-state index is 0.0980. The molecule has 0 aromatic carbocycles. The largest absolute Gasteiger partial charge is 0.444 e. The van der Waals surface area contributed by atoms with Crippen LogP contribution in [0.4, 0.5) is 4.79 Å². The Bertz CT molecular complexity index is 350. The van der Waals surface area contributed by atoms with Crippen molar-refractivity contribution in [1.29, 1.82) is 0 Å². The molecule has 0 saturated carbocycles. The number of amides is 1. The predicted octanol–water partition coefficient (Wildman–Crippen LogP) is 4.60. The summed E-state index contributed by atoms with van der Waals surface area (Å²) in [6, 6.07) is 0.826. The molecule has 1 amide bonds. The van der Waals surface area contributed by atoms with Crippen LogP contribution < -0.4 is 0 Å². The lowest BCUT2D eigenvalue weighted by molar-refractivity contribution is -0.000233. The molecule has 2 atom stereocenters. The number of nitrogens with zero attached hydrogens (tertiary/aromatic N) is 1. The van der Waals surface area contributed by atoms with Crippen LogP contribution in [0, 0.1) is 11.3 Å². The van der Waals surface area contributed by atoms with Gasteiger partial charge in [-0.3, -0.25) is 0 Å². The van der Waals surface area contributed by atoms with E-state index in [1.165, 1.54) is 6.42 Å². The summed E-state index contributed by atoms with van der Waals surface area (Å²) in [7, 11) is 0. The maximum absolute atomic E-state index is 12.4. The van der Waals surface area contributed by atoms with Crippen LogP contribution in [0.3, 0.4) is 0 Å². The molecule has 2 aliphatic rings. The van der Waals surface area contributed by atoms with Gasteiger partial charge in [-0.05, 0) is 64.2 Å². The summed E-state index contributed by atoms with van der Waals surface area (Å²) < 4.78 is 5.58. The Morgan fingerprint density at radius 1 is 1.05 bits per heavy atom. The van der Waals surface area contributed by atoms with Gasteiger partial charge in [-0.2, -0.15) is 0 Å². The van der Waals surface area contributed by atoms with E-state index in [4.69, 9.17) is 4.74 Å². The SMILES string of the molecule is CC(C)(C)CC1CC2CCC(C1)N2C(=O)OC(C)(C)C. The van der Waals surface area contributed by atoms with Gasteiger partial charge in [-0.25, -0.2) is 4.79 Å². The fourth-order valence-corrected chi connectivity index (χ4v) is 3.94. The van der Waals surface area contributed by atoms with E-state index in [2.05, 4.69) is 20.8 Å². The lowest BCUT2D eigenvalue weighted by Crippen LogP contribution is -2.48. The molecule has 116 valence electrons. The Morgan fingerprint density at radius 2 is 1.55 bits per heavy atom. The molecule has 0 spiro atoms. The van der Waals surface area contributed by atoms with Gasteiger partial charge in [-0.15, -0.1) is 0 Å². The number of fused-ring (bicyclic) bond motifs is 2. The molecule has 0 N–H and O–H groups in total. The number of piperidine rings is 1. The van der Waals surface area contributed by atoms with Gasteiger partial charge in [0.15, 0.2) is 0 Å². The van der Waals surface area contributed by atoms with E-state index in [0.717, 1.165) is 31.6 Å². The van der Waals surface area contributed by atoms with Crippen molar-refractivity contribution >= 4 is 6.09 Å². The number of hydrogen-bond donors (Lipinski definition) is 0. The first-order chi connectivity index (χ1) is 9.05. The fraction of sp³-hybridized carbons (Fsp3) is 0.941. The zero-order valence-corrected chi connectivity index (χ0v) is 14.0. The molecule has 0 aromatic heterocycles. The molecular formula is C17H31NO2. The maximum Gasteiger partial charge on any atom is 0.410 e. The Balaban J connectivity index is 1.98. The van der Waals surface area contributed by atoms with Crippen molar-refractivity contribution in [3.05, 3.63) is 0 Å². The molecule has 2 unspecified atom stereocenters. The van der Waals surface area contributed by atoms with E-state index in [-0.39, 0.29) is 6.09 Å². The lowest BCUT2D eigenvalue weighted by Gasteiger charge is -2.41. The highest BCUT2D eigenvalue weighted by molar-refractivity contribution is 5.69. The standard InChI is InChI=1S/C17H31NO2/c1-16(2,3)11-12-9-13-7-8-14(10-12)18(13)15(19)20-17(4,5)6/h12-14H,7-11H2,1-6H3. The van der Waals surface area contributed by atoms with Crippen molar-refractivity contribution in [2.24, 2.45) is 11.3 Å². The third-order valence-electron chi connectivity index (χ3n) is 4.34. The first-order valence-electron chi connectivity index (χ1n) is 8.06. The number of hydrogen-bond acceptors (Lipinski definition) is 2. The Morgan fingerprint density at radius 3 is 1.95 bits per heavy atom. The first-order valence-corrected chi connectivity index (χ1v) is 8.06. The molecule has 0 aromatic rings. The second kappa shape index (κ2) is 5.23. The lowest BCUT2D eigenvalue weighted by atomic mass is 9.78. The molecule has 2 bridgehead atoms. The summed E-state index contributed by atoms with van der Waals surface area (Å²) in [4.78, 5) is 14.4. The van der Waals surface area contributed by atoms with Crippen LogP contribution in [0.15, 0.2) is 0 Å². The number of carbonyl (C=O) groups excluding carboxylic acids is 1. The van der Waals surface area contributed by atoms with Crippen LogP contribution >= 0.6 is 0 Å². The van der Waals surface area contributed by atoms with Crippen LogP contribution in [-0.4, -0.2) is 28.7 Å². The van der Waals surface area contributed by atoms with E-state index in [0.29, 0.717) is 17.5 Å². The second-order valence-corrected chi connectivity index (χ2v) is 8.87. The van der Waals surface area contributed by atoms with E-state index >= 15 is 0 Å². The van der Waals surface area contributed by atoms with Crippen molar-refractivity contribution in [1.82, 2.24) is 4.90 Å². The zero-order chi connectivity index (χ0) is 15.1. The molecule has 3 nitrogen and oxygen atoms in total. The van der Waals surface area contributed by atoms with Crippen molar-refractivity contribution < 1.29 is 9.53 Å². The summed E-state index contributed by atoms with van der Waals surface area (Å²) >= 11 is 0. The molecule has 2 heterocycles. The van der Waals surface area contributed by atoms with E-state index < -0.39 is 5.60 Å². The molecule has 2 saturated heterocycles. The van der Waals surface area contributed by atoms with Crippen molar-refractivity contribution in [3.8, 4) is 0 Å². The molecule has 2 rings (SSSR count). The van der Waals surface area contributed by atoms with Gasteiger partial charge in [0.05, 0.1) is 0 Å². The number of ether oxygens (including phenoxy) is 1. The summed E-state index contributed by atoms with van der Waals surface area (Å²) in [6.45, 7) is 12.8. The third-order valence-corrected chi connectivity index (χ3v) is 4.34. The van der Waals surface area contributed by atoms with Crippen LogP contribution in [0.2, 0.25) is 0 Å². The molecule has 20 heavy (non-hydrogen) atoms. The summed E-state index contributed by atoms with van der Waals surface area (Å²) in [6.07, 6.45) is 5.80. The average Bonchev–Trinajstić information content (AvgIpc) is 2.46. The van der Waals surface area contributed by atoms with Gasteiger partial charge in [-0.1, -0.05) is 20.8 Å². The zero-order valence-electron chi connectivity index (χ0n) is 14.0. The molecular weight excluding hydrogens is 250 g/mol. The highest BCUT2D eigenvalue weighted by Crippen LogP contribution is 2.43. The van der Waals surface area contributed by atoms with Crippen LogP contribution in [0.25, 0.3) is 0 Å². The molecule has 3 heteroatoms. The second-order valence-electron chi connectivity index (χ2n) is 8.87. The molecule has 2 fully saturated rings. The van der Waals surface area contributed by atoms with Crippen molar-refractivity contribution in [2.75, 3.05) is 0 Å². The Kier molecular flexibility index (Phi) is 4.10. The van der Waals surface area contributed by atoms with E-state index in [1.807, 2.05) is 25.7 Å². The fourth-order valence-electron chi connectivity index (χ4n) is 3.94. The average molecular weight is 281 g/mol. The van der Waals surface area contributed by atoms with Gasteiger partial charge in [0.2, 0.25) is 0 Å². The van der Waals surface area contributed by atoms with Crippen molar-refractivity contribution in [3.63, 3.8) is 0 Å². The normalized spacial score (nSPS) is 30.5. The number of rotatable bonds is 1. The first kappa shape index (κ1) is 15.7. The summed E-state index contributed by atoms with van der Waals surface area (Å²) in [5, 5.41) is 0. The molecule has 2 aliphatic heterocycles. The predicted molar refractivity (Wildman–Crippen MR) is 81.7 cm³/mol. The third kappa shape index (κ3) is 3.89. The quantitative estimate of drug-likeness (QED) is 0.703. The van der Waals surface area contributed by atoms with Crippen LogP contribution in [-0.2, 0) is 4.74 Å². The highest BCUT2D eigenvalue weighted by Gasteiger charge is 2.45. The summed E-state index contributed by atoms with van der Waals surface area (Å²) in [5.41, 5.74) is -0.00300. The minimum atomic E-state index is -0.390. The van der Waals surface area contributed by atoms with E-state index in [9.17, 15) is 4.79 Å². The molecule has 0 radical (unpaired) electrons. The maximum atomic E-state index is 12.4. The van der Waals surface area contributed by atoms with Crippen LogP contribution in [0.5, 0.6) is 0 Å². The van der Waals surface area contributed by atoms with Gasteiger partial charge < -0.3 is 9.64 Å². The van der Waals surface area contributed by atoms with Gasteiger partial charge in [0.25, 0.3) is 0 Å². The van der Waals surface area contributed by atoms with Gasteiger partial charge in [0, 0.05) is 12.1 Å². The molecule has 0 aliphatic carbocycles. The monoisotopic (exact) mass is 281 g/mol. The van der Waals surface area contributed by atoms with Gasteiger partial charge in [0.1, 0.15) is 5.60 Å². The smallest absolute Gasteiger partial charge is 0.410 e. The highest BCUT2D eigenvalue weighted by atomic mass is 16.6. The number of carbonyl (C=O) groups is 1.